The molecule has 1 unspecified atom stereocenters. The summed E-state index contributed by atoms with van der Waals surface area (Å²) in [6.07, 6.45) is -1.44. The Kier molecular flexibility index (Phi) is 6.96. The molecule has 0 aliphatic heterocycles. The number of pyridine rings is 1. The van der Waals surface area contributed by atoms with Gasteiger partial charge < -0.3 is 0 Å². The quantitative estimate of drug-likeness (QED) is 0.206. The molecular formula is C31H24F4N4O3S. The highest BCUT2D eigenvalue weighted by atomic mass is 32.2. The molecule has 7 nitrogen and oxygen atoms in total. The number of carbonyl (C=O) groups is 1. The maximum atomic E-state index is 14.3. The van der Waals surface area contributed by atoms with Crippen LogP contribution in [0.4, 0.5) is 17.6 Å². The first-order valence-corrected chi connectivity index (χ1v) is 15.1. The van der Waals surface area contributed by atoms with E-state index in [1.165, 1.54) is 36.4 Å². The van der Waals surface area contributed by atoms with Crippen LogP contribution in [0.15, 0.2) is 78.0 Å². The van der Waals surface area contributed by atoms with Crippen LogP contribution < -0.4 is 0 Å². The van der Waals surface area contributed by atoms with Crippen LogP contribution in [0.1, 0.15) is 52.1 Å². The number of nitrogens with zero attached hydrogens (tertiary/aromatic N) is 4. The lowest BCUT2D eigenvalue weighted by atomic mass is 9.56. The maximum absolute atomic E-state index is 14.3. The molecule has 2 aromatic heterocycles. The second-order valence-electron chi connectivity index (χ2n) is 11.1. The van der Waals surface area contributed by atoms with Gasteiger partial charge in [-0.05, 0) is 98.2 Å². The normalized spacial score (nSPS) is 21.8. The van der Waals surface area contributed by atoms with Gasteiger partial charge in [-0.1, -0.05) is 6.07 Å². The number of Topliss-reactive ketones (excluding diaryl/α,β-unsaturated/α-hetero) is 1. The van der Waals surface area contributed by atoms with Gasteiger partial charge in [0.2, 0.25) is 0 Å². The van der Waals surface area contributed by atoms with Crippen molar-refractivity contribution in [3.63, 3.8) is 0 Å². The molecule has 1 saturated carbocycles. The number of sulfone groups is 1. The summed E-state index contributed by atoms with van der Waals surface area (Å²) in [5, 5.41) is 12.8. The number of alkyl halides is 3. The minimum absolute atomic E-state index is 0.0459. The first-order chi connectivity index (χ1) is 20.4. The molecule has 1 fully saturated rings. The standard InChI is InChI=1S/C31H24F4N4O3S/c32-23-5-7-24(8-6-23)39-28-14-21-4-9-26(43(41,42)25-3-1-2-19(12-25)17-36)16-30(21,15-20(28)18-38-39)29(40)27-13-22(10-11-37-27)31(33,34)35/h1-3,5-8,10-13,18,21,26H,4,9,14-16H2/t21?,26-,30-/m0/s1. The number of benzene rings is 2. The number of hydrogen-bond donors (Lipinski definition) is 0. The van der Waals surface area contributed by atoms with Gasteiger partial charge in [-0.3, -0.25) is 9.78 Å². The van der Waals surface area contributed by atoms with Gasteiger partial charge in [-0.2, -0.15) is 23.5 Å². The predicted octanol–water partition coefficient (Wildman–Crippen LogP) is 5.91. The molecule has 0 amide bonds. The van der Waals surface area contributed by atoms with Crippen molar-refractivity contribution in [3.05, 3.63) is 107 Å². The zero-order valence-corrected chi connectivity index (χ0v) is 23.4. The van der Waals surface area contributed by atoms with E-state index in [0.29, 0.717) is 24.1 Å². The molecule has 2 aromatic carbocycles. The highest BCUT2D eigenvalue weighted by molar-refractivity contribution is 7.92. The third-order valence-corrected chi connectivity index (χ3v) is 10.9. The molecule has 2 aliphatic rings. The molecule has 0 N–H and O–H groups in total. The summed E-state index contributed by atoms with van der Waals surface area (Å²) in [5.41, 5.74) is -0.556. The van der Waals surface area contributed by atoms with E-state index < -0.39 is 49.8 Å². The first kappa shape index (κ1) is 28.7. The van der Waals surface area contributed by atoms with Crippen LogP contribution >= 0.6 is 0 Å². The second-order valence-corrected chi connectivity index (χ2v) is 13.3. The molecule has 2 heterocycles. The fraction of sp³-hybridized carbons (Fsp3) is 0.290. The Morgan fingerprint density at radius 3 is 2.56 bits per heavy atom. The van der Waals surface area contributed by atoms with E-state index in [1.54, 1.807) is 23.0 Å². The van der Waals surface area contributed by atoms with Crippen molar-refractivity contribution in [2.24, 2.45) is 11.3 Å². The Morgan fingerprint density at radius 2 is 1.84 bits per heavy atom. The van der Waals surface area contributed by atoms with Gasteiger partial charge in [0, 0.05) is 17.3 Å². The number of hydrogen-bond acceptors (Lipinski definition) is 6. The lowest BCUT2D eigenvalue weighted by molar-refractivity contribution is -0.137. The van der Waals surface area contributed by atoms with Crippen LogP contribution in [0.5, 0.6) is 0 Å². The molecular weight excluding hydrogens is 584 g/mol. The fourth-order valence-corrected chi connectivity index (χ4v) is 8.46. The SMILES string of the molecule is N#Cc1cccc(S(=O)(=O)[C@H]2CCC3Cc4c(cnn4-c4ccc(F)cc4)C[C@]3(C(=O)c3cc(C(F)(F)F)ccn3)C2)c1. The average Bonchev–Trinajstić information content (AvgIpc) is 3.41. The van der Waals surface area contributed by atoms with Gasteiger partial charge in [0.05, 0.1) is 39.2 Å². The van der Waals surface area contributed by atoms with Crippen LogP contribution in [0.2, 0.25) is 0 Å². The van der Waals surface area contributed by atoms with Crippen molar-refractivity contribution in [3.8, 4) is 11.8 Å². The zero-order chi connectivity index (χ0) is 30.6. The second kappa shape index (κ2) is 10.4. The van der Waals surface area contributed by atoms with Crippen molar-refractivity contribution < 1.29 is 30.8 Å². The molecule has 6 rings (SSSR count). The highest BCUT2D eigenvalue weighted by Crippen LogP contribution is 2.53. The summed E-state index contributed by atoms with van der Waals surface area (Å²) in [4.78, 5) is 18.3. The number of nitriles is 1. The Balaban J connectivity index is 1.45. The molecule has 4 aromatic rings. The van der Waals surface area contributed by atoms with Crippen LogP contribution in [-0.4, -0.2) is 34.2 Å². The number of carbonyl (C=O) groups excluding carboxylic acids is 1. The Morgan fingerprint density at radius 1 is 1.07 bits per heavy atom. The smallest absolute Gasteiger partial charge is 0.292 e. The Labute approximate surface area is 244 Å². The molecule has 43 heavy (non-hydrogen) atoms. The number of fused-ring (bicyclic) bond motifs is 2. The summed E-state index contributed by atoms with van der Waals surface area (Å²) < 4.78 is 83.7. The molecule has 0 spiro atoms. The van der Waals surface area contributed by atoms with E-state index >= 15 is 0 Å². The Hall–Kier alpha value is -4.37. The maximum Gasteiger partial charge on any atom is 0.416 e. The highest BCUT2D eigenvalue weighted by Gasteiger charge is 2.55. The van der Waals surface area contributed by atoms with Gasteiger partial charge in [0.1, 0.15) is 11.5 Å². The van der Waals surface area contributed by atoms with E-state index in [2.05, 4.69) is 10.1 Å². The van der Waals surface area contributed by atoms with E-state index in [9.17, 15) is 36.0 Å². The van der Waals surface area contributed by atoms with E-state index in [-0.39, 0.29) is 35.4 Å². The van der Waals surface area contributed by atoms with E-state index in [4.69, 9.17) is 0 Å². The van der Waals surface area contributed by atoms with Crippen molar-refractivity contribution >= 4 is 15.6 Å². The van der Waals surface area contributed by atoms with Gasteiger partial charge >= 0.3 is 6.18 Å². The summed E-state index contributed by atoms with van der Waals surface area (Å²) in [6, 6.07) is 14.8. The average molecular weight is 609 g/mol. The van der Waals surface area contributed by atoms with Crippen molar-refractivity contribution in [2.45, 2.75) is 48.4 Å². The van der Waals surface area contributed by atoms with Gasteiger partial charge in [-0.25, -0.2) is 17.5 Å². The predicted molar refractivity (Wildman–Crippen MR) is 146 cm³/mol. The van der Waals surface area contributed by atoms with Crippen molar-refractivity contribution in [2.75, 3.05) is 0 Å². The lowest BCUT2D eigenvalue weighted by Gasteiger charge is -2.48. The van der Waals surface area contributed by atoms with Crippen LogP contribution in [0.25, 0.3) is 5.69 Å². The number of rotatable bonds is 5. The van der Waals surface area contributed by atoms with Gasteiger partial charge in [0.25, 0.3) is 0 Å². The summed E-state index contributed by atoms with van der Waals surface area (Å²) in [7, 11) is -4.01. The minimum Gasteiger partial charge on any atom is -0.292 e. The molecule has 2 aliphatic carbocycles. The van der Waals surface area contributed by atoms with Crippen LogP contribution in [-0.2, 0) is 28.9 Å². The Bertz CT molecular complexity index is 1880. The summed E-state index contributed by atoms with van der Waals surface area (Å²) in [6.45, 7) is 0. The molecule has 220 valence electrons. The number of ketones is 1. The minimum atomic E-state index is -4.70. The summed E-state index contributed by atoms with van der Waals surface area (Å²) in [5.74, 6) is -1.48. The third kappa shape index (κ3) is 5.01. The number of halogens is 4. The monoisotopic (exact) mass is 608 g/mol. The van der Waals surface area contributed by atoms with Crippen LogP contribution in [0.3, 0.4) is 0 Å². The largest absolute Gasteiger partial charge is 0.416 e. The molecule has 0 saturated heterocycles. The molecule has 3 atom stereocenters. The first-order valence-electron chi connectivity index (χ1n) is 13.6. The summed E-state index contributed by atoms with van der Waals surface area (Å²) >= 11 is 0. The third-order valence-electron chi connectivity index (χ3n) is 8.69. The lowest BCUT2D eigenvalue weighted by Crippen LogP contribution is -2.51. The van der Waals surface area contributed by atoms with Crippen LogP contribution in [0, 0.1) is 28.5 Å². The molecule has 12 heteroatoms. The molecule has 0 radical (unpaired) electrons. The topological polar surface area (TPSA) is 106 Å². The zero-order valence-electron chi connectivity index (χ0n) is 22.6. The van der Waals surface area contributed by atoms with E-state index in [1.807, 2.05) is 6.07 Å². The fourth-order valence-electron chi connectivity index (χ4n) is 6.55. The molecule has 0 bridgehead atoms. The van der Waals surface area contributed by atoms with Crippen molar-refractivity contribution in [1.29, 1.82) is 5.26 Å². The van der Waals surface area contributed by atoms with E-state index in [0.717, 1.165) is 24.0 Å². The number of aromatic nitrogens is 3. The van der Waals surface area contributed by atoms with Gasteiger partial charge in [0.15, 0.2) is 15.6 Å². The van der Waals surface area contributed by atoms with Crippen molar-refractivity contribution in [1.82, 2.24) is 14.8 Å². The van der Waals surface area contributed by atoms with Gasteiger partial charge in [-0.15, -0.1) is 0 Å².